The molecule has 0 radical (unpaired) electrons. The van der Waals surface area contributed by atoms with Gasteiger partial charge in [0, 0.05) is 23.4 Å². The van der Waals surface area contributed by atoms with Gasteiger partial charge in [0.2, 0.25) is 11.8 Å². The second kappa shape index (κ2) is 6.95. The van der Waals surface area contributed by atoms with Crippen LogP contribution in [0.2, 0.25) is 5.02 Å². The average Bonchev–Trinajstić information content (AvgIpc) is 2.88. The van der Waals surface area contributed by atoms with Gasteiger partial charge in [-0.1, -0.05) is 11.6 Å². The van der Waals surface area contributed by atoms with Crippen LogP contribution in [0.1, 0.15) is 12.5 Å². The van der Waals surface area contributed by atoms with Crippen LogP contribution in [0, 0.1) is 11.3 Å². The minimum absolute atomic E-state index is 0.0344. The molecule has 0 saturated heterocycles. The molecule has 2 aliphatic heterocycles. The van der Waals surface area contributed by atoms with Crippen LogP contribution in [0.25, 0.3) is 0 Å². The Labute approximate surface area is 160 Å². The molecule has 1 amide bonds. The SMILES string of the molecule is COCCOC(=O)C1=C(C)OC(N)=C(C#N)C12C(=O)Nc1ccc(Cl)cc12. The van der Waals surface area contributed by atoms with Gasteiger partial charge in [-0.15, -0.1) is 0 Å². The summed E-state index contributed by atoms with van der Waals surface area (Å²) < 4.78 is 15.5. The molecule has 2 aliphatic rings. The summed E-state index contributed by atoms with van der Waals surface area (Å²) >= 11 is 6.12. The molecule has 0 aliphatic carbocycles. The first-order chi connectivity index (χ1) is 12.9. The predicted octanol–water partition coefficient (Wildman–Crippen LogP) is 1.72. The molecule has 0 aromatic heterocycles. The van der Waals surface area contributed by atoms with Gasteiger partial charge in [0.05, 0.1) is 6.61 Å². The molecule has 27 heavy (non-hydrogen) atoms. The summed E-state index contributed by atoms with van der Waals surface area (Å²) in [4.78, 5) is 26.0. The summed E-state index contributed by atoms with van der Waals surface area (Å²) in [5.74, 6) is -1.61. The van der Waals surface area contributed by atoms with Gasteiger partial charge in [0.15, 0.2) is 5.41 Å². The van der Waals surface area contributed by atoms with E-state index in [2.05, 4.69) is 5.32 Å². The molecule has 1 unspecified atom stereocenters. The molecule has 3 rings (SSSR count). The standard InChI is InChI=1S/C18H16ClN3O5/c1-9-14(16(23)26-6-5-25-2)18(12(8-20)15(21)27-9)11-7-10(19)3-4-13(11)22-17(18)24/h3-4,7H,5-6,21H2,1-2H3,(H,22,24). The first-order valence-electron chi connectivity index (χ1n) is 7.95. The van der Waals surface area contributed by atoms with E-state index in [1.807, 2.05) is 6.07 Å². The largest absolute Gasteiger partial charge is 0.460 e. The third-order valence-corrected chi connectivity index (χ3v) is 4.66. The van der Waals surface area contributed by atoms with E-state index in [-0.39, 0.29) is 36.0 Å². The Balaban J connectivity index is 2.26. The molecule has 1 aromatic rings. The van der Waals surface area contributed by atoms with Crippen LogP contribution in [0.3, 0.4) is 0 Å². The number of ether oxygens (including phenoxy) is 3. The number of carbonyl (C=O) groups is 2. The maximum atomic E-state index is 13.1. The number of nitriles is 1. The summed E-state index contributed by atoms with van der Waals surface area (Å²) in [5.41, 5.74) is 4.52. The van der Waals surface area contributed by atoms with E-state index in [9.17, 15) is 14.9 Å². The van der Waals surface area contributed by atoms with Crippen molar-refractivity contribution < 1.29 is 23.8 Å². The lowest BCUT2D eigenvalue weighted by Gasteiger charge is -2.33. The summed E-state index contributed by atoms with van der Waals surface area (Å²) in [6.45, 7) is 1.61. The lowest BCUT2D eigenvalue weighted by Crippen LogP contribution is -2.45. The molecule has 1 aromatic carbocycles. The molecule has 0 saturated carbocycles. The summed E-state index contributed by atoms with van der Waals surface area (Å²) in [5, 5.41) is 12.7. The zero-order chi connectivity index (χ0) is 19.8. The predicted molar refractivity (Wildman–Crippen MR) is 95.2 cm³/mol. The fourth-order valence-corrected chi connectivity index (χ4v) is 3.51. The van der Waals surface area contributed by atoms with Crippen molar-refractivity contribution >= 4 is 29.2 Å². The minimum Gasteiger partial charge on any atom is -0.460 e. The topological polar surface area (TPSA) is 124 Å². The molecular weight excluding hydrogens is 374 g/mol. The number of fused-ring (bicyclic) bond motifs is 2. The van der Waals surface area contributed by atoms with Crippen molar-refractivity contribution in [2.75, 3.05) is 25.6 Å². The van der Waals surface area contributed by atoms with Crippen LogP contribution in [0.4, 0.5) is 5.69 Å². The normalized spacial score (nSPS) is 20.9. The number of hydrogen-bond donors (Lipinski definition) is 2. The van der Waals surface area contributed by atoms with E-state index in [0.29, 0.717) is 16.3 Å². The Morgan fingerprint density at radius 3 is 2.85 bits per heavy atom. The van der Waals surface area contributed by atoms with Crippen LogP contribution < -0.4 is 11.1 Å². The average molecular weight is 390 g/mol. The lowest BCUT2D eigenvalue weighted by molar-refractivity contribution is -0.142. The van der Waals surface area contributed by atoms with Crippen molar-refractivity contribution in [1.29, 1.82) is 5.26 Å². The van der Waals surface area contributed by atoms with Crippen LogP contribution in [-0.4, -0.2) is 32.2 Å². The van der Waals surface area contributed by atoms with E-state index >= 15 is 0 Å². The Morgan fingerprint density at radius 1 is 1.44 bits per heavy atom. The molecule has 1 spiro atoms. The monoisotopic (exact) mass is 389 g/mol. The fraction of sp³-hybridized carbons (Fsp3) is 0.278. The van der Waals surface area contributed by atoms with E-state index in [1.54, 1.807) is 12.1 Å². The molecule has 3 N–H and O–H groups in total. The molecule has 8 nitrogen and oxygen atoms in total. The van der Waals surface area contributed by atoms with Crippen molar-refractivity contribution in [2.45, 2.75) is 12.3 Å². The Hall–Kier alpha value is -3.02. The molecule has 0 bridgehead atoms. The Bertz CT molecular complexity index is 947. The minimum atomic E-state index is -1.80. The Morgan fingerprint density at radius 2 is 2.19 bits per heavy atom. The third kappa shape index (κ3) is 2.72. The first-order valence-corrected chi connectivity index (χ1v) is 8.32. The molecule has 0 fully saturated rings. The highest BCUT2D eigenvalue weighted by Crippen LogP contribution is 2.52. The number of esters is 1. The lowest BCUT2D eigenvalue weighted by atomic mass is 9.68. The maximum Gasteiger partial charge on any atom is 0.339 e. The van der Waals surface area contributed by atoms with Gasteiger partial charge in [0.25, 0.3) is 0 Å². The number of allylic oxidation sites excluding steroid dienone is 1. The number of halogens is 1. The molecule has 9 heteroatoms. The van der Waals surface area contributed by atoms with E-state index < -0.39 is 17.3 Å². The zero-order valence-corrected chi connectivity index (χ0v) is 15.3. The highest BCUT2D eigenvalue weighted by molar-refractivity contribution is 6.31. The van der Waals surface area contributed by atoms with Gasteiger partial charge in [-0.05, 0) is 25.1 Å². The molecule has 2 heterocycles. The van der Waals surface area contributed by atoms with Crippen LogP contribution in [0.5, 0.6) is 0 Å². The third-order valence-electron chi connectivity index (χ3n) is 4.42. The number of carbonyl (C=O) groups excluding carboxylic acids is 2. The number of nitrogens with two attached hydrogens (primary N) is 1. The zero-order valence-electron chi connectivity index (χ0n) is 14.6. The Kier molecular flexibility index (Phi) is 4.83. The molecular formula is C18H16ClN3O5. The number of nitrogens with one attached hydrogen (secondary N) is 1. The maximum absolute atomic E-state index is 13.1. The number of nitrogens with zero attached hydrogens (tertiary/aromatic N) is 1. The number of hydrogen-bond acceptors (Lipinski definition) is 7. The fourth-order valence-electron chi connectivity index (χ4n) is 3.34. The number of anilines is 1. The van der Waals surface area contributed by atoms with Crippen molar-refractivity contribution in [3.8, 4) is 6.07 Å². The van der Waals surface area contributed by atoms with Crippen LogP contribution in [-0.2, 0) is 29.2 Å². The number of amides is 1. The van der Waals surface area contributed by atoms with Gasteiger partial charge in [0.1, 0.15) is 29.6 Å². The second-order valence-corrected chi connectivity index (χ2v) is 6.34. The van der Waals surface area contributed by atoms with Gasteiger partial charge in [-0.25, -0.2) is 4.79 Å². The van der Waals surface area contributed by atoms with Crippen LogP contribution in [0.15, 0.2) is 41.0 Å². The van der Waals surface area contributed by atoms with Crippen LogP contribution >= 0.6 is 11.6 Å². The van der Waals surface area contributed by atoms with Crippen molar-refractivity contribution in [3.05, 3.63) is 51.6 Å². The van der Waals surface area contributed by atoms with E-state index in [1.165, 1.54) is 20.1 Å². The number of methoxy groups -OCH3 is 1. The molecule has 140 valence electrons. The number of benzene rings is 1. The van der Waals surface area contributed by atoms with E-state index in [4.69, 9.17) is 31.5 Å². The van der Waals surface area contributed by atoms with Gasteiger partial charge in [-0.3, -0.25) is 4.79 Å². The highest BCUT2D eigenvalue weighted by Gasteiger charge is 2.59. The number of rotatable bonds is 4. The van der Waals surface area contributed by atoms with Crippen molar-refractivity contribution in [2.24, 2.45) is 5.73 Å². The van der Waals surface area contributed by atoms with E-state index in [0.717, 1.165) is 0 Å². The smallest absolute Gasteiger partial charge is 0.339 e. The van der Waals surface area contributed by atoms with Crippen molar-refractivity contribution in [3.63, 3.8) is 0 Å². The first kappa shape index (κ1) is 18.8. The quantitative estimate of drug-likeness (QED) is 0.593. The van der Waals surface area contributed by atoms with Gasteiger partial charge < -0.3 is 25.3 Å². The summed E-state index contributed by atoms with van der Waals surface area (Å²) in [7, 11) is 1.46. The van der Waals surface area contributed by atoms with Gasteiger partial charge in [-0.2, -0.15) is 5.26 Å². The summed E-state index contributed by atoms with van der Waals surface area (Å²) in [6.07, 6.45) is 0. The van der Waals surface area contributed by atoms with Gasteiger partial charge >= 0.3 is 5.97 Å². The molecule has 1 atom stereocenters. The summed E-state index contributed by atoms with van der Waals surface area (Å²) in [6, 6.07) is 6.60. The second-order valence-electron chi connectivity index (χ2n) is 5.91. The van der Waals surface area contributed by atoms with Crippen molar-refractivity contribution in [1.82, 2.24) is 0 Å². The highest BCUT2D eigenvalue weighted by atomic mass is 35.5.